The van der Waals surface area contributed by atoms with E-state index in [1.807, 2.05) is 6.07 Å². The molecule has 1 heterocycles. The van der Waals surface area contributed by atoms with Crippen molar-refractivity contribution in [3.63, 3.8) is 0 Å². The lowest BCUT2D eigenvalue weighted by Gasteiger charge is -2.28. The summed E-state index contributed by atoms with van der Waals surface area (Å²) < 4.78 is 58.7. The van der Waals surface area contributed by atoms with Crippen LogP contribution in [-0.2, 0) is 33.0 Å². The first-order chi connectivity index (χ1) is 13.2. The minimum atomic E-state index is -3.91. The van der Waals surface area contributed by atoms with Crippen molar-refractivity contribution in [3.8, 4) is 5.75 Å². The van der Waals surface area contributed by atoms with E-state index in [0.717, 1.165) is 11.1 Å². The van der Waals surface area contributed by atoms with Gasteiger partial charge in [-0.2, -0.15) is 4.31 Å². The molecule has 0 radical (unpaired) electrons. The first-order valence-electron chi connectivity index (χ1n) is 8.62. The molecule has 2 aromatic carbocycles. The average molecular weight is 445 g/mol. The van der Waals surface area contributed by atoms with Crippen LogP contribution >= 0.6 is 11.6 Å². The number of hydrogen-bond donors (Lipinski definition) is 1. The molecule has 7 nitrogen and oxygen atoms in total. The minimum Gasteiger partial charge on any atom is -0.497 e. The summed E-state index contributed by atoms with van der Waals surface area (Å²) in [4.78, 5) is -0.0668. The van der Waals surface area contributed by atoms with E-state index in [0.29, 0.717) is 24.4 Å². The van der Waals surface area contributed by atoms with Crippen LogP contribution in [0.25, 0.3) is 0 Å². The summed E-state index contributed by atoms with van der Waals surface area (Å²) in [6.07, 6.45) is 0.589. The summed E-state index contributed by atoms with van der Waals surface area (Å²) in [7, 11) is -5.75. The third-order valence-electron chi connectivity index (χ3n) is 4.62. The molecule has 0 amide bonds. The van der Waals surface area contributed by atoms with Gasteiger partial charge in [-0.25, -0.2) is 16.8 Å². The Morgan fingerprint density at radius 2 is 1.86 bits per heavy atom. The van der Waals surface area contributed by atoms with Crippen LogP contribution < -0.4 is 9.46 Å². The van der Waals surface area contributed by atoms with Gasteiger partial charge in [0.1, 0.15) is 10.6 Å². The third-order valence-corrected chi connectivity index (χ3v) is 8.31. The molecule has 28 heavy (non-hydrogen) atoms. The maximum atomic E-state index is 12.7. The maximum absolute atomic E-state index is 12.7. The van der Waals surface area contributed by atoms with E-state index in [9.17, 15) is 16.8 Å². The molecule has 0 atom stereocenters. The summed E-state index contributed by atoms with van der Waals surface area (Å²) in [5, 5.41) is 0.0463. The van der Waals surface area contributed by atoms with Crippen LogP contribution in [0, 0.1) is 0 Å². The lowest BCUT2D eigenvalue weighted by molar-refractivity contribution is 0.392. The molecule has 152 valence electrons. The molecule has 2 aromatic rings. The molecule has 0 spiro atoms. The van der Waals surface area contributed by atoms with E-state index in [4.69, 9.17) is 16.3 Å². The van der Waals surface area contributed by atoms with Gasteiger partial charge >= 0.3 is 0 Å². The number of nitrogens with zero attached hydrogens (tertiary/aromatic N) is 1. The molecule has 0 aromatic heterocycles. The van der Waals surface area contributed by atoms with Gasteiger partial charge in [0.05, 0.1) is 17.9 Å². The van der Waals surface area contributed by atoms with Gasteiger partial charge in [-0.1, -0.05) is 17.7 Å². The Morgan fingerprint density at radius 1 is 1.11 bits per heavy atom. The molecule has 0 bridgehead atoms. The molecule has 1 aliphatic rings. The van der Waals surface area contributed by atoms with E-state index < -0.39 is 20.0 Å². The van der Waals surface area contributed by atoms with Crippen molar-refractivity contribution in [1.29, 1.82) is 0 Å². The van der Waals surface area contributed by atoms with Crippen molar-refractivity contribution >= 4 is 37.3 Å². The van der Waals surface area contributed by atoms with E-state index >= 15 is 0 Å². The van der Waals surface area contributed by atoms with Gasteiger partial charge in [0.25, 0.3) is 10.0 Å². The van der Waals surface area contributed by atoms with Crippen LogP contribution in [0.1, 0.15) is 18.1 Å². The lowest BCUT2D eigenvalue weighted by atomic mass is 10.0. The fourth-order valence-corrected chi connectivity index (χ4v) is 5.71. The van der Waals surface area contributed by atoms with Gasteiger partial charge in [-0.3, -0.25) is 4.72 Å². The lowest BCUT2D eigenvalue weighted by Crippen LogP contribution is -2.36. The zero-order valence-electron chi connectivity index (χ0n) is 15.5. The summed E-state index contributed by atoms with van der Waals surface area (Å²) >= 11 is 6.09. The van der Waals surface area contributed by atoms with Crippen LogP contribution in [0.15, 0.2) is 41.3 Å². The highest BCUT2D eigenvalue weighted by atomic mass is 35.5. The van der Waals surface area contributed by atoms with Gasteiger partial charge in [-0.15, -0.1) is 0 Å². The van der Waals surface area contributed by atoms with Crippen molar-refractivity contribution in [2.75, 3.05) is 24.1 Å². The predicted molar refractivity (Wildman–Crippen MR) is 109 cm³/mol. The Balaban J connectivity index is 1.87. The highest BCUT2D eigenvalue weighted by Crippen LogP contribution is 2.29. The third kappa shape index (κ3) is 4.27. The van der Waals surface area contributed by atoms with Gasteiger partial charge in [0.2, 0.25) is 10.0 Å². The number of nitrogens with one attached hydrogen (secondary N) is 1. The molecule has 0 fully saturated rings. The smallest absolute Gasteiger partial charge is 0.263 e. The normalized spacial score (nSPS) is 15.1. The quantitative estimate of drug-likeness (QED) is 0.739. The second kappa shape index (κ2) is 7.90. The van der Waals surface area contributed by atoms with Crippen molar-refractivity contribution in [3.05, 3.63) is 52.5 Å². The summed E-state index contributed by atoms with van der Waals surface area (Å²) in [6.45, 7) is 2.26. The Hall–Kier alpha value is -1.81. The molecule has 0 saturated heterocycles. The fourth-order valence-electron chi connectivity index (χ4n) is 3.05. The predicted octanol–water partition coefficient (Wildman–Crippen LogP) is 2.86. The van der Waals surface area contributed by atoms with Crippen LogP contribution in [0.2, 0.25) is 5.02 Å². The number of hydrogen-bond acceptors (Lipinski definition) is 5. The van der Waals surface area contributed by atoms with Crippen molar-refractivity contribution in [1.82, 2.24) is 4.31 Å². The first kappa shape index (κ1) is 20.9. The molecule has 10 heteroatoms. The summed E-state index contributed by atoms with van der Waals surface area (Å²) in [6, 6.07) is 9.47. The number of halogens is 1. The number of benzene rings is 2. The van der Waals surface area contributed by atoms with E-state index in [1.54, 1.807) is 19.1 Å². The molecule has 0 aliphatic carbocycles. The van der Waals surface area contributed by atoms with Gasteiger partial charge in [0, 0.05) is 24.8 Å². The molecule has 1 N–H and O–H groups in total. The molecular weight excluding hydrogens is 424 g/mol. The standard InChI is InChI=1S/C18H21ClN2O5S2/c1-3-27(22,23)21-9-8-13-4-5-15(10-14(13)12-21)20-28(24,25)18-7-6-16(26-2)11-17(18)19/h4-7,10-11,20H,3,8-9,12H2,1-2H3. The van der Waals surface area contributed by atoms with Crippen molar-refractivity contribution < 1.29 is 21.6 Å². The number of methoxy groups -OCH3 is 1. The van der Waals surface area contributed by atoms with E-state index in [-0.39, 0.29) is 22.2 Å². The monoisotopic (exact) mass is 444 g/mol. The Labute approximate surface area is 170 Å². The summed E-state index contributed by atoms with van der Waals surface area (Å²) in [5.74, 6) is 0.486. The van der Waals surface area contributed by atoms with Gasteiger partial charge < -0.3 is 4.74 Å². The zero-order chi connectivity index (χ0) is 20.5. The Bertz CT molecular complexity index is 1100. The number of anilines is 1. The first-order valence-corrected chi connectivity index (χ1v) is 12.1. The van der Waals surface area contributed by atoms with Gasteiger partial charge in [0.15, 0.2) is 0 Å². The number of rotatable bonds is 6. The zero-order valence-corrected chi connectivity index (χ0v) is 17.9. The Morgan fingerprint density at radius 3 is 2.50 bits per heavy atom. The van der Waals surface area contributed by atoms with Crippen LogP contribution in [0.5, 0.6) is 5.75 Å². The highest BCUT2D eigenvalue weighted by molar-refractivity contribution is 7.92. The van der Waals surface area contributed by atoms with Crippen molar-refractivity contribution in [2.24, 2.45) is 0 Å². The van der Waals surface area contributed by atoms with E-state index in [2.05, 4.69) is 4.72 Å². The van der Waals surface area contributed by atoms with Crippen molar-refractivity contribution in [2.45, 2.75) is 24.8 Å². The van der Waals surface area contributed by atoms with E-state index in [1.165, 1.54) is 29.6 Å². The topological polar surface area (TPSA) is 92.8 Å². The SMILES string of the molecule is CCS(=O)(=O)N1CCc2ccc(NS(=O)(=O)c3ccc(OC)cc3Cl)cc2C1. The molecule has 0 saturated carbocycles. The highest BCUT2D eigenvalue weighted by Gasteiger charge is 2.26. The largest absolute Gasteiger partial charge is 0.497 e. The minimum absolute atomic E-state index is 0.0324. The molecular formula is C18H21ClN2O5S2. The number of ether oxygens (including phenoxy) is 1. The molecule has 0 unspecified atom stereocenters. The van der Waals surface area contributed by atoms with Crippen LogP contribution in [0.3, 0.4) is 0 Å². The number of sulfonamides is 2. The second-order valence-corrected chi connectivity index (χ2v) is 10.7. The summed E-state index contributed by atoms with van der Waals surface area (Å²) in [5.41, 5.74) is 2.14. The van der Waals surface area contributed by atoms with Gasteiger partial charge in [-0.05, 0) is 48.7 Å². The van der Waals surface area contributed by atoms with Crippen LogP contribution in [0.4, 0.5) is 5.69 Å². The number of fused-ring (bicyclic) bond motifs is 1. The Kier molecular flexibility index (Phi) is 5.90. The fraction of sp³-hybridized carbons (Fsp3) is 0.333. The molecule has 3 rings (SSSR count). The average Bonchev–Trinajstić information content (AvgIpc) is 2.66. The van der Waals surface area contributed by atoms with Crippen LogP contribution in [-0.4, -0.2) is 40.5 Å². The second-order valence-electron chi connectivity index (χ2n) is 6.37. The maximum Gasteiger partial charge on any atom is 0.263 e. The molecule has 1 aliphatic heterocycles.